The summed E-state index contributed by atoms with van der Waals surface area (Å²) in [4.78, 5) is 12.0. The molecule has 0 bridgehead atoms. The molecule has 2 N–H and O–H groups in total. The maximum absolute atomic E-state index is 12.0. The van der Waals surface area contributed by atoms with Crippen LogP contribution in [0.3, 0.4) is 0 Å². The quantitative estimate of drug-likeness (QED) is 0.783. The summed E-state index contributed by atoms with van der Waals surface area (Å²) in [5, 5.41) is 6.41. The lowest BCUT2D eigenvalue weighted by atomic mass is 10.1. The lowest BCUT2D eigenvalue weighted by molar-refractivity contribution is 0.238. The minimum Gasteiger partial charge on any atom is -0.493 e. The number of hydrogen-bond donors (Lipinski definition) is 2. The Morgan fingerprint density at radius 3 is 2.56 bits per heavy atom. The Morgan fingerprint density at radius 1 is 1.12 bits per heavy atom. The Balaban J connectivity index is 1.82. The van der Waals surface area contributed by atoms with Gasteiger partial charge < -0.3 is 20.1 Å². The molecule has 2 aromatic carbocycles. The van der Waals surface area contributed by atoms with E-state index in [4.69, 9.17) is 21.1 Å². The number of nitrogens with one attached hydrogen (secondary N) is 2. The van der Waals surface area contributed by atoms with Gasteiger partial charge in [0.1, 0.15) is 0 Å². The third-order valence-corrected chi connectivity index (χ3v) is 4.08. The fourth-order valence-electron chi connectivity index (χ4n) is 2.46. The van der Waals surface area contributed by atoms with Crippen LogP contribution in [-0.4, -0.2) is 26.8 Å². The maximum Gasteiger partial charge on any atom is 0.315 e. The van der Waals surface area contributed by atoms with Crippen LogP contribution in [-0.2, 0) is 6.42 Å². The molecule has 0 aliphatic heterocycles. The number of carbonyl (C=O) groups is 1. The van der Waals surface area contributed by atoms with E-state index in [0.29, 0.717) is 29.5 Å². The summed E-state index contributed by atoms with van der Waals surface area (Å²) in [5.41, 5.74) is 2.02. The first-order valence-electron chi connectivity index (χ1n) is 8.04. The SMILES string of the molecule is COc1ccc(CCNC(=O)N[C@@H](C)c2cccc(Cl)c2)cc1OC. The van der Waals surface area contributed by atoms with E-state index in [1.54, 1.807) is 20.3 Å². The van der Waals surface area contributed by atoms with Crippen LogP contribution < -0.4 is 20.1 Å². The van der Waals surface area contributed by atoms with E-state index < -0.39 is 0 Å². The minimum atomic E-state index is -0.215. The summed E-state index contributed by atoms with van der Waals surface area (Å²) in [6.45, 7) is 2.43. The third kappa shape index (κ3) is 5.57. The normalized spacial score (nSPS) is 11.5. The molecule has 0 saturated carbocycles. The van der Waals surface area contributed by atoms with Crippen molar-refractivity contribution in [3.8, 4) is 11.5 Å². The molecule has 134 valence electrons. The summed E-state index contributed by atoms with van der Waals surface area (Å²) in [6, 6.07) is 12.8. The molecule has 0 aromatic heterocycles. The molecule has 25 heavy (non-hydrogen) atoms. The van der Waals surface area contributed by atoms with Crippen molar-refractivity contribution in [1.29, 1.82) is 0 Å². The summed E-state index contributed by atoms with van der Waals surface area (Å²) >= 11 is 5.98. The van der Waals surface area contributed by atoms with E-state index in [1.165, 1.54) is 0 Å². The standard InChI is InChI=1S/C19H23ClN2O3/c1-13(15-5-4-6-16(20)12-15)22-19(23)21-10-9-14-7-8-17(24-2)18(11-14)25-3/h4-8,11-13H,9-10H2,1-3H3,(H2,21,22,23)/t13-/m0/s1. The van der Waals surface area contributed by atoms with Gasteiger partial charge in [0, 0.05) is 11.6 Å². The lowest BCUT2D eigenvalue weighted by Crippen LogP contribution is -2.38. The van der Waals surface area contributed by atoms with Crippen molar-refractivity contribution in [3.63, 3.8) is 0 Å². The molecule has 0 heterocycles. The minimum absolute atomic E-state index is 0.125. The van der Waals surface area contributed by atoms with Gasteiger partial charge in [-0.3, -0.25) is 0 Å². The van der Waals surface area contributed by atoms with Gasteiger partial charge in [-0.2, -0.15) is 0 Å². The molecule has 0 fully saturated rings. The van der Waals surface area contributed by atoms with Crippen molar-refractivity contribution >= 4 is 17.6 Å². The first kappa shape index (κ1) is 18.9. The van der Waals surface area contributed by atoms with Gasteiger partial charge >= 0.3 is 6.03 Å². The first-order valence-corrected chi connectivity index (χ1v) is 8.42. The number of hydrogen-bond acceptors (Lipinski definition) is 3. The van der Waals surface area contributed by atoms with Crippen LogP contribution in [0.1, 0.15) is 24.1 Å². The zero-order chi connectivity index (χ0) is 18.2. The lowest BCUT2D eigenvalue weighted by Gasteiger charge is -2.15. The predicted octanol–water partition coefficient (Wildman–Crippen LogP) is 3.96. The van der Waals surface area contributed by atoms with Crippen LogP contribution in [0.15, 0.2) is 42.5 Å². The topological polar surface area (TPSA) is 59.6 Å². The molecule has 2 aromatic rings. The third-order valence-electron chi connectivity index (χ3n) is 3.84. The number of methoxy groups -OCH3 is 2. The smallest absolute Gasteiger partial charge is 0.315 e. The molecule has 0 spiro atoms. The molecule has 0 unspecified atom stereocenters. The van der Waals surface area contributed by atoms with E-state index in [2.05, 4.69) is 10.6 Å². The van der Waals surface area contributed by atoms with E-state index in [9.17, 15) is 4.79 Å². The Bertz CT molecular complexity index is 722. The molecule has 0 saturated heterocycles. The molecule has 0 aliphatic carbocycles. The van der Waals surface area contributed by atoms with Crippen molar-refractivity contribution in [2.24, 2.45) is 0 Å². The maximum atomic E-state index is 12.0. The van der Waals surface area contributed by atoms with Gasteiger partial charge in [-0.15, -0.1) is 0 Å². The summed E-state index contributed by atoms with van der Waals surface area (Å²) in [7, 11) is 3.20. The molecule has 2 rings (SSSR count). The average Bonchev–Trinajstić information content (AvgIpc) is 2.61. The number of urea groups is 1. The summed E-state index contributed by atoms with van der Waals surface area (Å²) < 4.78 is 10.5. The highest BCUT2D eigenvalue weighted by atomic mass is 35.5. The zero-order valence-electron chi connectivity index (χ0n) is 14.6. The van der Waals surface area contributed by atoms with Crippen molar-refractivity contribution in [2.45, 2.75) is 19.4 Å². The van der Waals surface area contributed by atoms with Gasteiger partial charge in [-0.1, -0.05) is 29.8 Å². The van der Waals surface area contributed by atoms with Crippen LogP contribution in [0.4, 0.5) is 4.79 Å². The second kappa shape index (κ2) is 9.18. The molecule has 0 radical (unpaired) electrons. The number of benzene rings is 2. The average molecular weight is 363 g/mol. The highest BCUT2D eigenvalue weighted by Gasteiger charge is 2.10. The van der Waals surface area contributed by atoms with Crippen LogP contribution in [0.5, 0.6) is 11.5 Å². The molecule has 0 aliphatic rings. The Hall–Kier alpha value is -2.40. The summed E-state index contributed by atoms with van der Waals surface area (Å²) in [5.74, 6) is 1.37. The van der Waals surface area contributed by atoms with Gasteiger partial charge in [0.15, 0.2) is 11.5 Å². The van der Waals surface area contributed by atoms with Crippen molar-refractivity contribution in [3.05, 3.63) is 58.6 Å². The van der Waals surface area contributed by atoms with Gasteiger partial charge in [-0.05, 0) is 48.7 Å². The molecular weight excluding hydrogens is 340 g/mol. The number of ether oxygens (including phenoxy) is 2. The van der Waals surface area contributed by atoms with Crippen LogP contribution in [0.2, 0.25) is 5.02 Å². The fourth-order valence-corrected chi connectivity index (χ4v) is 2.66. The van der Waals surface area contributed by atoms with Crippen molar-refractivity contribution in [2.75, 3.05) is 20.8 Å². The summed E-state index contributed by atoms with van der Waals surface area (Å²) in [6.07, 6.45) is 0.694. The van der Waals surface area contributed by atoms with Gasteiger partial charge in [0.05, 0.1) is 20.3 Å². The second-order valence-corrected chi connectivity index (χ2v) is 6.05. The molecule has 6 heteroatoms. The highest BCUT2D eigenvalue weighted by Crippen LogP contribution is 2.27. The highest BCUT2D eigenvalue weighted by molar-refractivity contribution is 6.30. The second-order valence-electron chi connectivity index (χ2n) is 5.62. The molecule has 1 atom stereocenters. The number of rotatable bonds is 7. The monoisotopic (exact) mass is 362 g/mol. The van der Waals surface area contributed by atoms with Crippen molar-refractivity contribution in [1.82, 2.24) is 10.6 Å². The van der Waals surface area contributed by atoms with Crippen LogP contribution in [0.25, 0.3) is 0 Å². The number of carbonyl (C=O) groups excluding carboxylic acids is 1. The Labute approximate surface area is 153 Å². The predicted molar refractivity (Wildman–Crippen MR) is 99.7 cm³/mol. The van der Waals surface area contributed by atoms with E-state index >= 15 is 0 Å². The van der Waals surface area contributed by atoms with Gasteiger partial charge in [0.2, 0.25) is 0 Å². The largest absolute Gasteiger partial charge is 0.493 e. The van der Waals surface area contributed by atoms with Crippen LogP contribution >= 0.6 is 11.6 Å². The van der Waals surface area contributed by atoms with E-state index in [1.807, 2.05) is 43.3 Å². The molecule has 2 amide bonds. The molecule has 5 nitrogen and oxygen atoms in total. The fraction of sp³-hybridized carbons (Fsp3) is 0.316. The van der Waals surface area contributed by atoms with Gasteiger partial charge in [0.25, 0.3) is 0 Å². The first-order chi connectivity index (χ1) is 12.0. The zero-order valence-corrected chi connectivity index (χ0v) is 15.4. The number of amides is 2. The van der Waals surface area contributed by atoms with Crippen molar-refractivity contribution < 1.29 is 14.3 Å². The Kier molecular flexibility index (Phi) is 6.95. The van der Waals surface area contributed by atoms with E-state index in [-0.39, 0.29) is 12.1 Å². The number of halogens is 1. The van der Waals surface area contributed by atoms with Gasteiger partial charge in [-0.25, -0.2) is 4.79 Å². The van der Waals surface area contributed by atoms with Crippen LogP contribution in [0, 0.1) is 0 Å². The Morgan fingerprint density at radius 2 is 1.88 bits per heavy atom. The molecular formula is C19H23ClN2O3. The van der Waals surface area contributed by atoms with E-state index in [0.717, 1.165) is 11.1 Å².